The van der Waals surface area contributed by atoms with Crippen molar-refractivity contribution >= 4 is 11.6 Å². The van der Waals surface area contributed by atoms with Crippen molar-refractivity contribution in [3.05, 3.63) is 51.6 Å². The number of carbonyl (C=O) groups is 2. The molecule has 16 unspecified atom stereocenters. The van der Waals surface area contributed by atoms with Gasteiger partial charge >= 0.3 is 0 Å². The second-order valence-corrected chi connectivity index (χ2v) is 19.5. The topological polar surface area (TPSA) is 216 Å². The third-order valence-corrected chi connectivity index (χ3v) is 14.7. The van der Waals surface area contributed by atoms with E-state index < -0.39 is 102 Å². The van der Waals surface area contributed by atoms with E-state index in [1.54, 1.807) is 6.92 Å². The smallest absolute Gasteiger partial charge is 0.202 e. The van der Waals surface area contributed by atoms with Crippen LogP contribution in [0, 0.1) is 0 Å². The van der Waals surface area contributed by atoms with E-state index in [1.165, 1.54) is 18.2 Å². The van der Waals surface area contributed by atoms with Crippen molar-refractivity contribution in [1.82, 2.24) is 9.80 Å². The summed E-state index contributed by atoms with van der Waals surface area (Å²) in [6.45, 7) is 9.44. The van der Waals surface area contributed by atoms with Crippen LogP contribution in [-0.4, -0.2) is 167 Å². The van der Waals surface area contributed by atoms with Crippen LogP contribution in [0.1, 0.15) is 135 Å². The summed E-state index contributed by atoms with van der Waals surface area (Å²) in [7, 11) is 7.68. The molecule has 0 saturated carbocycles. The lowest BCUT2D eigenvalue weighted by Crippen LogP contribution is -2.57. The number of rotatable bonds is 11. The molecule has 17 heteroatoms. The van der Waals surface area contributed by atoms with E-state index in [4.69, 9.17) is 37.9 Å². The molecule has 6 aliphatic rings. The molecule has 360 valence electrons. The molecule has 0 amide bonds. The first-order valence-electron chi connectivity index (χ1n) is 23.3. The number of likely N-dealkylation sites (N-methyl/N-ethyl adjacent to an activating group) is 2. The maximum absolute atomic E-state index is 14.1. The summed E-state index contributed by atoms with van der Waals surface area (Å²) < 4.78 is 52.0. The molecule has 0 spiro atoms. The minimum Gasteiger partial charge on any atom is -0.507 e. The number of phenols is 3. The molecule has 4 aliphatic heterocycles. The normalized spacial score (nSPS) is 38.7. The van der Waals surface area contributed by atoms with E-state index in [0.29, 0.717) is 44.9 Å². The number of fused-ring (bicyclic) bond motifs is 3. The van der Waals surface area contributed by atoms with Gasteiger partial charge in [0.15, 0.2) is 30.9 Å². The molecule has 2 aromatic rings. The molecule has 5 N–H and O–H groups in total. The number of nitrogens with zero attached hydrogens (tertiary/aromatic N) is 2. The molecule has 65 heavy (non-hydrogen) atoms. The fraction of sp³-hybridized carbons (Fsp3) is 0.708. The van der Waals surface area contributed by atoms with Gasteiger partial charge in [-0.3, -0.25) is 9.59 Å². The molecule has 17 nitrogen and oxygen atoms in total. The highest BCUT2D eigenvalue weighted by molar-refractivity contribution is 6.31. The first-order valence-corrected chi connectivity index (χ1v) is 23.3. The Labute approximate surface area is 380 Å². The number of ether oxygens (including phenoxy) is 8. The van der Waals surface area contributed by atoms with Crippen LogP contribution in [0.3, 0.4) is 0 Å². The average Bonchev–Trinajstić information content (AvgIpc) is 3.25. The predicted octanol–water partition coefficient (Wildman–Crippen LogP) is 4.42. The number of ketones is 2. The molecule has 0 aromatic heterocycles. The number of hydrogen-bond donors (Lipinski definition) is 5. The molecule has 8 rings (SSSR count). The van der Waals surface area contributed by atoms with Crippen LogP contribution in [0.25, 0.3) is 0 Å². The van der Waals surface area contributed by atoms with Gasteiger partial charge in [-0.25, -0.2) is 0 Å². The van der Waals surface area contributed by atoms with Crippen molar-refractivity contribution in [2.45, 2.75) is 190 Å². The summed E-state index contributed by atoms with van der Waals surface area (Å²) in [5.74, 6) is -2.91. The van der Waals surface area contributed by atoms with Gasteiger partial charge in [0, 0.05) is 67.3 Å². The molecule has 16 atom stereocenters. The summed E-state index contributed by atoms with van der Waals surface area (Å²) in [6, 6.07) is 3.65. The van der Waals surface area contributed by atoms with Crippen molar-refractivity contribution in [2.75, 3.05) is 28.2 Å². The minimum atomic E-state index is -1.09. The molecule has 4 saturated heterocycles. The van der Waals surface area contributed by atoms with Crippen molar-refractivity contribution < 1.29 is 73.0 Å². The Kier molecular flexibility index (Phi) is 14.1. The highest BCUT2D eigenvalue weighted by Crippen LogP contribution is 2.54. The lowest BCUT2D eigenvalue weighted by atomic mass is 9.72. The Morgan fingerprint density at radius 1 is 0.692 bits per heavy atom. The second kappa shape index (κ2) is 19.0. The molecule has 2 aromatic carbocycles. The maximum Gasteiger partial charge on any atom is 0.202 e. The summed E-state index contributed by atoms with van der Waals surface area (Å²) in [4.78, 5) is 32.3. The number of phenolic OH excluding ortho intramolecular Hbond substituents is 3. The van der Waals surface area contributed by atoms with Crippen LogP contribution < -0.4 is 0 Å². The zero-order chi connectivity index (χ0) is 46.8. The molecule has 4 heterocycles. The maximum atomic E-state index is 14.1. The molecule has 4 fully saturated rings. The summed E-state index contributed by atoms with van der Waals surface area (Å²) in [5, 5.41) is 56.3. The molecule has 0 radical (unpaired) electrons. The Balaban J connectivity index is 1.06. The van der Waals surface area contributed by atoms with Gasteiger partial charge in [-0.1, -0.05) is 19.1 Å². The van der Waals surface area contributed by atoms with Crippen LogP contribution in [0.4, 0.5) is 0 Å². The quantitative estimate of drug-likeness (QED) is 0.168. The van der Waals surface area contributed by atoms with Crippen molar-refractivity contribution in [2.24, 2.45) is 0 Å². The fourth-order valence-electron chi connectivity index (χ4n) is 10.9. The lowest BCUT2D eigenvalue weighted by Gasteiger charge is -2.49. The number of hydrogen-bond acceptors (Lipinski definition) is 17. The largest absolute Gasteiger partial charge is 0.507 e. The number of aliphatic hydroxyl groups is 2. The first kappa shape index (κ1) is 48.2. The van der Waals surface area contributed by atoms with Gasteiger partial charge < -0.3 is 73.2 Å². The molecular formula is C48H68N2O15. The Morgan fingerprint density at radius 2 is 1.32 bits per heavy atom. The lowest BCUT2D eigenvalue weighted by molar-refractivity contribution is -0.317. The van der Waals surface area contributed by atoms with E-state index in [2.05, 4.69) is 4.90 Å². The van der Waals surface area contributed by atoms with Crippen LogP contribution in [0.2, 0.25) is 0 Å². The minimum absolute atomic E-state index is 0.0176. The van der Waals surface area contributed by atoms with Gasteiger partial charge in [-0.15, -0.1) is 0 Å². The zero-order valence-corrected chi connectivity index (χ0v) is 39.0. The number of aromatic hydroxyl groups is 3. The summed E-state index contributed by atoms with van der Waals surface area (Å²) in [6.07, 6.45) is -3.41. The molecular weight excluding hydrogens is 845 g/mol. The van der Waals surface area contributed by atoms with Crippen molar-refractivity contribution in [1.29, 1.82) is 0 Å². The molecule has 2 aliphatic carbocycles. The Hall–Kier alpha value is -3.30. The van der Waals surface area contributed by atoms with Gasteiger partial charge in [-0.05, 0) is 81.2 Å². The number of benzene rings is 2. The van der Waals surface area contributed by atoms with E-state index in [-0.39, 0.29) is 71.1 Å². The first-order chi connectivity index (χ1) is 30.8. The predicted molar refractivity (Wildman–Crippen MR) is 233 cm³/mol. The van der Waals surface area contributed by atoms with Gasteiger partial charge in [-0.2, -0.15) is 0 Å². The third kappa shape index (κ3) is 9.21. The highest BCUT2D eigenvalue weighted by Gasteiger charge is 2.51. The van der Waals surface area contributed by atoms with E-state index >= 15 is 0 Å². The monoisotopic (exact) mass is 912 g/mol. The van der Waals surface area contributed by atoms with Crippen molar-refractivity contribution in [3.8, 4) is 17.2 Å². The second-order valence-electron chi connectivity index (χ2n) is 19.5. The zero-order valence-electron chi connectivity index (χ0n) is 39.0. The standard InChI is InChI=1S/C48H68N2O15/c1-10-48(65-37-18-28(49(6)7)42(53)24(4)60-37)20-27-39(46(57)40-41(44(27)55)45(56)38-26(43(40)54)12-11-13-31(38)52)33(21-48)63-36-19-29(50(8)9)47(25(5)61-36)64-35-17-15-32(23(3)59-35)62-34-16-14-30(51)22(2)58-34/h11-13,22-25,28-30,32-37,42,47,51-53,55,57H,10,14-21H2,1-9H3. The van der Waals surface area contributed by atoms with Gasteiger partial charge in [0.25, 0.3) is 0 Å². The van der Waals surface area contributed by atoms with Crippen LogP contribution in [0.15, 0.2) is 18.2 Å². The Bertz CT molecular complexity index is 2080. The van der Waals surface area contributed by atoms with E-state index in [1.807, 2.05) is 60.8 Å². The number of aliphatic hydroxyl groups excluding tert-OH is 2. The van der Waals surface area contributed by atoms with Crippen molar-refractivity contribution in [3.63, 3.8) is 0 Å². The van der Waals surface area contributed by atoms with Crippen LogP contribution in [0.5, 0.6) is 17.2 Å². The van der Waals surface area contributed by atoms with Gasteiger partial charge in [0.05, 0.1) is 71.1 Å². The van der Waals surface area contributed by atoms with Crippen LogP contribution in [-0.2, 0) is 44.3 Å². The summed E-state index contributed by atoms with van der Waals surface area (Å²) in [5.41, 5.74) is -1.85. The van der Waals surface area contributed by atoms with Gasteiger partial charge in [0.1, 0.15) is 23.4 Å². The van der Waals surface area contributed by atoms with E-state index in [0.717, 1.165) is 0 Å². The Morgan fingerprint density at radius 3 is 2.00 bits per heavy atom. The third-order valence-electron chi connectivity index (χ3n) is 14.7. The van der Waals surface area contributed by atoms with E-state index in [9.17, 15) is 35.1 Å². The highest BCUT2D eigenvalue weighted by atomic mass is 16.7. The molecule has 0 bridgehead atoms. The summed E-state index contributed by atoms with van der Waals surface area (Å²) >= 11 is 0. The fourth-order valence-corrected chi connectivity index (χ4v) is 10.9. The average molecular weight is 913 g/mol. The SMILES string of the molecule is CCC1(OC2CC(N(C)C)C(O)C(C)O2)Cc2c(O)c3c(c(O)c2C(OC2CC(N(C)C)C(OC4CCC(OC5CCC(O)C(C)O5)C(C)O4)C(C)O2)C1)C(=O)c1cccc(O)c1C3=O. The van der Waals surface area contributed by atoms with Gasteiger partial charge in [0.2, 0.25) is 5.78 Å². The number of carbonyl (C=O) groups excluding carboxylic acids is 2. The van der Waals surface area contributed by atoms with Crippen LogP contribution >= 0.6 is 0 Å².